The standard InChI is InChI=1S/C19H16F2N2O4S/c1-26-18(25)14-15(22)16-12(8-13(28-16)9-2-3-9)23(17(14)24)10-4-6-11(7-5-10)27-19(20)21/h4-9,19H,2-3,22H2,1H3. The molecule has 1 aliphatic carbocycles. The van der Waals surface area contributed by atoms with Gasteiger partial charge in [-0.25, -0.2) is 4.79 Å². The highest BCUT2D eigenvalue weighted by Crippen LogP contribution is 2.46. The van der Waals surface area contributed by atoms with Crippen LogP contribution in [0.1, 0.15) is 34.0 Å². The van der Waals surface area contributed by atoms with Gasteiger partial charge in [-0.1, -0.05) is 0 Å². The second-order valence-electron chi connectivity index (χ2n) is 6.43. The molecule has 0 bridgehead atoms. The minimum atomic E-state index is -2.94. The molecule has 0 amide bonds. The molecule has 9 heteroatoms. The lowest BCUT2D eigenvalue weighted by Crippen LogP contribution is -2.27. The molecule has 146 valence electrons. The number of esters is 1. The fourth-order valence-corrected chi connectivity index (χ4v) is 4.39. The number of nitrogens with zero attached hydrogens (tertiary/aromatic N) is 1. The number of nitrogen functional groups attached to an aromatic ring is 1. The second kappa shape index (κ2) is 6.90. The Morgan fingerprint density at radius 2 is 1.96 bits per heavy atom. The van der Waals surface area contributed by atoms with Crippen LogP contribution in [0.4, 0.5) is 14.5 Å². The van der Waals surface area contributed by atoms with E-state index in [2.05, 4.69) is 4.74 Å². The number of ether oxygens (including phenoxy) is 2. The Bertz CT molecular complexity index is 1120. The molecular weight excluding hydrogens is 390 g/mol. The molecule has 1 aromatic carbocycles. The van der Waals surface area contributed by atoms with Gasteiger partial charge < -0.3 is 15.2 Å². The van der Waals surface area contributed by atoms with E-state index in [9.17, 15) is 18.4 Å². The fourth-order valence-electron chi connectivity index (χ4n) is 3.11. The maximum atomic E-state index is 13.1. The molecule has 3 aromatic rings. The highest BCUT2D eigenvalue weighted by molar-refractivity contribution is 7.19. The Hall–Kier alpha value is -2.94. The molecule has 0 spiro atoms. The number of benzene rings is 1. The van der Waals surface area contributed by atoms with Crippen molar-refractivity contribution in [2.75, 3.05) is 12.8 Å². The molecule has 2 N–H and O–H groups in total. The monoisotopic (exact) mass is 406 g/mol. The minimum absolute atomic E-state index is 0.0318. The van der Waals surface area contributed by atoms with Gasteiger partial charge in [0.2, 0.25) is 0 Å². The first-order chi connectivity index (χ1) is 13.4. The first-order valence-electron chi connectivity index (χ1n) is 8.52. The zero-order valence-electron chi connectivity index (χ0n) is 14.8. The van der Waals surface area contributed by atoms with Crippen LogP contribution in [0, 0.1) is 0 Å². The van der Waals surface area contributed by atoms with Crippen molar-refractivity contribution in [3.63, 3.8) is 0 Å². The quantitative estimate of drug-likeness (QED) is 0.650. The lowest BCUT2D eigenvalue weighted by Gasteiger charge is -2.13. The number of hydrogen-bond acceptors (Lipinski definition) is 6. The summed E-state index contributed by atoms with van der Waals surface area (Å²) in [5, 5.41) is 0. The van der Waals surface area contributed by atoms with Crippen LogP contribution in [0.2, 0.25) is 0 Å². The van der Waals surface area contributed by atoms with E-state index in [1.807, 2.05) is 6.07 Å². The average molecular weight is 406 g/mol. The third kappa shape index (κ3) is 3.11. The summed E-state index contributed by atoms with van der Waals surface area (Å²) in [5.41, 5.74) is 6.35. The Morgan fingerprint density at radius 3 is 2.54 bits per heavy atom. The predicted molar refractivity (Wildman–Crippen MR) is 102 cm³/mol. The lowest BCUT2D eigenvalue weighted by molar-refractivity contribution is -0.0498. The van der Waals surface area contributed by atoms with Gasteiger partial charge in [-0.2, -0.15) is 8.78 Å². The largest absolute Gasteiger partial charge is 0.465 e. The lowest BCUT2D eigenvalue weighted by atomic mass is 10.1. The van der Waals surface area contributed by atoms with Crippen molar-refractivity contribution >= 4 is 33.2 Å². The zero-order chi connectivity index (χ0) is 20.0. The maximum absolute atomic E-state index is 13.1. The second-order valence-corrected chi connectivity index (χ2v) is 7.51. The van der Waals surface area contributed by atoms with E-state index < -0.39 is 18.1 Å². The van der Waals surface area contributed by atoms with Crippen molar-refractivity contribution in [2.24, 2.45) is 0 Å². The van der Waals surface area contributed by atoms with Crippen molar-refractivity contribution in [2.45, 2.75) is 25.4 Å². The number of thiophene rings is 1. The van der Waals surface area contributed by atoms with Crippen molar-refractivity contribution in [1.82, 2.24) is 4.57 Å². The van der Waals surface area contributed by atoms with Crippen molar-refractivity contribution in [3.8, 4) is 11.4 Å². The molecule has 1 fully saturated rings. The third-order valence-electron chi connectivity index (χ3n) is 4.59. The number of methoxy groups -OCH3 is 1. The fraction of sp³-hybridized carbons (Fsp3) is 0.263. The third-order valence-corrected chi connectivity index (χ3v) is 5.91. The molecule has 0 radical (unpaired) electrons. The Kier molecular flexibility index (Phi) is 4.54. The number of nitrogens with two attached hydrogens (primary N) is 1. The summed E-state index contributed by atoms with van der Waals surface area (Å²) in [6, 6.07) is 7.53. The molecule has 6 nitrogen and oxygen atoms in total. The number of rotatable bonds is 5. The number of carbonyl (C=O) groups excluding carboxylic acids is 1. The van der Waals surface area contributed by atoms with Crippen LogP contribution in [0.3, 0.4) is 0 Å². The number of alkyl halides is 2. The van der Waals surface area contributed by atoms with Crippen LogP contribution in [0.25, 0.3) is 15.9 Å². The predicted octanol–water partition coefficient (Wildman–Crippen LogP) is 3.90. The molecule has 0 unspecified atom stereocenters. The van der Waals surface area contributed by atoms with E-state index in [-0.39, 0.29) is 17.0 Å². The number of anilines is 1. The molecule has 28 heavy (non-hydrogen) atoms. The highest BCUT2D eigenvalue weighted by atomic mass is 32.1. The van der Waals surface area contributed by atoms with Crippen LogP contribution in [0.5, 0.6) is 5.75 Å². The van der Waals surface area contributed by atoms with Crippen LogP contribution < -0.4 is 16.0 Å². The smallest absolute Gasteiger partial charge is 0.387 e. The maximum Gasteiger partial charge on any atom is 0.387 e. The summed E-state index contributed by atoms with van der Waals surface area (Å²) in [5.74, 6) is -0.420. The van der Waals surface area contributed by atoms with Gasteiger partial charge in [0.1, 0.15) is 11.3 Å². The number of halogens is 2. The number of hydrogen-bond donors (Lipinski definition) is 1. The van der Waals surface area contributed by atoms with Crippen LogP contribution >= 0.6 is 11.3 Å². The molecule has 0 aliphatic heterocycles. The summed E-state index contributed by atoms with van der Waals surface area (Å²) < 4.78 is 35.8. The molecule has 2 aromatic heterocycles. The number of aromatic nitrogens is 1. The molecule has 2 heterocycles. The molecule has 0 saturated heterocycles. The van der Waals surface area contributed by atoms with Gasteiger partial charge in [-0.05, 0) is 49.1 Å². The topological polar surface area (TPSA) is 83.6 Å². The van der Waals surface area contributed by atoms with Gasteiger partial charge in [0.15, 0.2) is 0 Å². The van der Waals surface area contributed by atoms with E-state index >= 15 is 0 Å². The van der Waals surface area contributed by atoms with Gasteiger partial charge >= 0.3 is 12.6 Å². The Balaban J connectivity index is 1.95. The molecule has 4 rings (SSSR count). The zero-order valence-corrected chi connectivity index (χ0v) is 15.6. The van der Waals surface area contributed by atoms with Gasteiger partial charge in [-0.3, -0.25) is 9.36 Å². The summed E-state index contributed by atoms with van der Waals surface area (Å²) in [7, 11) is 1.18. The van der Waals surface area contributed by atoms with E-state index in [1.54, 1.807) is 0 Å². The van der Waals surface area contributed by atoms with Crippen LogP contribution in [-0.2, 0) is 4.74 Å². The molecule has 1 aliphatic rings. The summed E-state index contributed by atoms with van der Waals surface area (Å²) in [4.78, 5) is 26.4. The summed E-state index contributed by atoms with van der Waals surface area (Å²) >= 11 is 1.45. The molecular formula is C19H16F2N2O4S. The number of carbonyl (C=O) groups is 1. The first kappa shape index (κ1) is 18.4. The normalized spacial score (nSPS) is 13.9. The number of fused-ring (bicyclic) bond motifs is 1. The van der Waals surface area contributed by atoms with Gasteiger partial charge in [0, 0.05) is 10.6 Å². The van der Waals surface area contributed by atoms with E-state index in [1.165, 1.54) is 47.3 Å². The van der Waals surface area contributed by atoms with E-state index in [4.69, 9.17) is 10.5 Å². The SMILES string of the molecule is COC(=O)c1c(N)c2sc(C3CC3)cc2n(-c2ccc(OC(F)F)cc2)c1=O. The van der Waals surface area contributed by atoms with Crippen molar-refractivity contribution in [1.29, 1.82) is 0 Å². The summed E-state index contributed by atoms with van der Waals surface area (Å²) in [6.45, 7) is -2.94. The highest BCUT2D eigenvalue weighted by Gasteiger charge is 2.29. The Labute approximate surface area is 162 Å². The molecule has 0 atom stereocenters. The van der Waals surface area contributed by atoms with E-state index in [0.717, 1.165) is 17.7 Å². The van der Waals surface area contributed by atoms with Crippen LogP contribution in [0.15, 0.2) is 35.1 Å². The van der Waals surface area contributed by atoms with E-state index in [0.29, 0.717) is 21.8 Å². The number of pyridine rings is 1. The van der Waals surface area contributed by atoms with Crippen LogP contribution in [-0.4, -0.2) is 24.3 Å². The minimum Gasteiger partial charge on any atom is -0.465 e. The van der Waals surface area contributed by atoms with Gasteiger partial charge in [-0.15, -0.1) is 11.3 Å². The van der Waals surface area contributed by atoms with Gasteiger partial charge in [0.25, 0.3) is 5.56 Å². The average Bonchev–Trinajstić information content (AvgIpc) is 3.42. The van der Waals surface area contributed by atoms with Crippen molar-refractivity contribution in [3.05, 3.63) is 51.1 Å². The van der Waals surface area contributed by atoms with Crippen molar-refractivity contribution < 1.29 is 23.0 Å². The Morgan fingerprint density at radius 1 is 1.29 bits per heavy atom. The molecule has 1 saturated carbocycles. The first-order valence-corrected chi connectivity index (χ1v) is 9.34. The summed E-state index contributed by atoms with van der Waals surface area (Å²) in [6.07, 6.45) is 2.14. The van der Waals surface area contributed by atoms with Gasteiger partial charge in [0.05, 0.1) is 23.0 Å².